The van der Waals surface area contributed by atoms with Crippen molar-refractivity contribution in [1.29, 1.82) is 0 Å². The molecule has 4 N–H and O–H groups in total. The summed E-state index contributed by atoms with van der Waals surface area (Å²) in [7, 11) is 0. The second kappa shape index (κ2) is 24.4. The molecule has 3 atom stereocenters. The van der Waals surface area contributed by atoms with E-state index >= 15 is 0 Å². The lowest BCUT2D eigenvalue weighted by Gasteiger charge is -2.16. The summed E-state index contributed by atoms with van der Waals surface area (Å²) in [5.41, 5.74) is 0. The number of rotatable bonds is 28. The largest absolute Gasteiger partial charge is 0.394 e. The molecular weight excluding hydrogens is 546 g/mol. The standard InChI is InChI=1S/C26H49N3O10S/c30-6-8-34-10-12-36-14-16-38-18-20-39-19-17-37-15-13-35-11-9-33-7-5-27-24(31)4-2-1-3-23-25-22(21-40-23)28-26(32)29-25/h22-23,25,30H,1-21H2,(H,27,31)(H2,28,29,32)/t22-,23?,25-/m1/s1. The van der Waals surface area contributed by atoms with Gasteiger partial charge in [0.1, 0.15) is 0 Å². The van der Waals surface area contributed by atoms with Crippen LogP contribution in [0.4, 0.5) is 4.79 Å². The van der Waals surface area contributed by atoms with E-state index in [1.165, 1.54) is 0 Å². The van der Waals surface area contributed by atoms with Gasteiger partial charge < -0.3 is 54.2 Å². The predicted octanol–water partition coefficient (Wildman–Crippen LogP) is -0.0631. The van der Waals surface area contributed by atoms with Crippen LogP contribution in [0.1, 0.15) is 25.7 Å². The molecule has 2 aliphatic rings. The van der Waals surface area contributed by atoms with Gasteiger partial charge in [0.2, 0.25) is 5.91 Å². The molecule has 0 spiro atoms. The van der Waals surface area contributed by atoms with Crippen molar-refractivity contribution >= 4 is 23.7 Å². The third-order valence-electron chi connectivity index (χ3n) is 6.12. The number of thioether (sulfide) groups is 1. The Bertz CT molecular complexity index is 652. The highest BCUT2D eigenvalue weighted by atomic mass is 32.2. The Morgan fingerprint density at radius 3 is 1.77 bits per heavy atom. The summed E-state index contributed by atoms with van der Waals surface area (Å²) >= 11 is 1.90. The minimum Gasteiger partial charge on any atom is -0.394 e. The molecule has 14 heteroatoms. The average molecular weight is 596 g/mol. The predicted molar refractivity (Wildman–Crippen MR) is 150 cm³/mol. The number of amides is 3. The lowest BCUT2D eigenvalue weighted by molar-refractivity contribution is -0.121. The van der Waals surface area contributed by atoms with Crippen LogP contribution in [-0.4, -0.2) is 146 Å². The Labute approximate surface area is 242 Å². The summed E-state index contributed by atoms with van der Waals surface area (Å²) in [5.74, 6) is 1.01. The van der Waals surface area contributed by atoms with Gasteiger partial charge in [-0.15, -0.1) is 0 Å². The molecule has 0 aliphatic carbocycles. The molecule has 2 saturated heterocycles. The summed E-state index contributed by atoms with van der Waals surface area (Å²) in [4.78, 5) is 23.4. The van der Waals surface area contributed by atoms with E-state index in [9.17, 15) is 9.59 Å². The maximum atomic E-state index is 12.0. The minimum absolute atomic E-state index is 0.0223. The van der Waals surface area contributed by atoms with E-state index in [-0.39, 0.29) is 30.6 Å². The molecule has 13 nitrogen and oxygen atoms in total. The van der Waals surface area contributed by atoms with Gasteiger partial charge in [-0.2, -0.15) is 11.8 Å². The fourth-order valence-electron chi connectivity index (χ4n) is 4.11. The maximum absolute atomic E-state index is 12.0. The highest BCUT2D eigenvalue weighted by Crippen LogP contribution is 2.33. The van der Waals surface area contributed by atoms with Gasteiger partial charge in [-0.1, -0.05) is 6.42 Å². The van der Waals surface area contributed by atoms with E-state index in [1.807, 2.05) is 11.8 Å². The van der Waals surface area contributed by atoms with Crippen molar-refractivity contribution in [3.8, 4) is 0 Å². The van der Waals surface area contributed by atoms with Gasteiger partial charge in [-0.25, -0.2) is 4.79 Å². The molecule has 0 radical (unpaired) electrons. The first-order valence-electron chi connectivity index (χ1n) is 14.3. The summed E-state index contributed by atoms with van der Waals surface area (Å²) in [5, 5.41) is 17.8. The first-order chi connectivity index (χ1) is 19.7. The van der Waals surface area contributed by atoms with Crippen molar-refractivity contribution < 1.29 is 47.9 Å². The van der Waals surface area contributed by atoms with Crippen LogP contribution in [0.15, 0.2) is 0 Å². The highest BCUT2D eigenvalue weighted by Gasteiger charge is 2.42. The Balaban J connectivity index is 1.21. The molecule has 40 heavy (non-hydrogen) atoms. The van der Waals surface area contributed by atoms with Gasteiger partial charge in [0.25, 0.3) is 0 Å². The van der Waals surface area contributed by atoms with Crippen molar-refractivity contribution in [2.75, 3.05) is 111 Å². The van der Waals surface area contributed by atoms with Gasteiger partial charge in [-0.05, 0) is 12.8 Å². The van der Waals surface area contributed by atoms with Crippen LogP contribution in [0.2, 0.25) is 0 Å². The van der Waals surface area contributed by atoms with E-state index in [4.69, 9.17) is 38.3 Å². The number of ether oxygens (including phenoxy) is 7. The lowest BCUT2D eigenvalue weighted by Crippen LogP contribution is -2.36. The number of aliphatic hydroxyl groups is 1. The normalized spacial score (nSPS) is 19.9. The number of hydrogen-bond acceptors (Lipinski definition) is 11. The van der Waals surface area contributed by atoms with Gasteiger partial charge in [0.15, 0.2) is 0 Å². The molecule has 0 aromatic carbocycles. The smallest absolute Gasteiger partial charge is 0.315 e. The molecule has 234 valence electrons. The fraction of sp³-hybridized carbons (Fsp3) is 0.923. The summed E-state index contributed by atoms with van der Waals surface area (Å²) in [6.07, 6.45) is 3.35. The van der Waals surface area contributed by atoms with Gasteiger partial charge >= 0.3 is 6.03 Å². The number of hydrogen-bond donors (Lipinski definition) is 4. The number of urea groups is 1. The van der Waals surface area contributed by atoms with Crippen molar-refractivity contribution in [2.24, 2.45) is 0 Å². The molecular formula is C26H49N3O10S. The number of unbranched alkanes of at least 4 members (excludes halogenated alkanes) is 1. The highest BCUT2D eigenvalue weighted by molar-refractivity contribution is 8.00. The topological polar surface area (TPSA) is 155 Å². The maximum Gasteiger partial charge on any atom is 0.315 e. The number of carbonyl (C=O) groups is 2. The van der Waals surface area contributed by atoms with Crippen molar-refractivity contribution in [3.63, 3.8) is 0 Å². The monoisotopic (exact) mass is 595 g/mol. The van der Waals surface area contributed by atoms with E-state index in [0.29, 0.717) is 111 Å². The van der Waals surface area contributed by atoms with Crippen molar-refractivity contribution in [2.45, 2.75) is 43.0 Å². The summed E-state index contributed by atoms with van der Waals surface area (Å²) in [6.45, 7) is 7.14. The third-order valence-corrected chi connectivity index (χ3v) is 7.63. The zero-order chi connectivity index (χ0) is 28.5. The molecule has 0 aromatic heterocycles. The number of fused-ring (bicyclic) bond motifs is 1. The zero-order valence-corrected chi connectivity index (χ0v) is 24.4. The van der Waals surface area contributed by atoms with E-state index in [1.54, 1.807) is 0 Å². The third kappa shape index (κ3) is 17.6. The number of carbonyl (C=O) groups excluding carboxylic acids is 2. The molecule has 2 fully saturated rings. The molecule has 0 bridgehead atoms. The first kappa shape index (κ1) is 35.0. The van der Waals surface area contributed by atoms with Crippen LogP contribution in [0.3, 0.4) is 0 Å². The summed E-state index contributed by atoms with van der Waals surface area (Å²) < 4.78 is 37.6. The molecule has 2 aliphatic heterocycles. The fourth-order valence-corrected chi connectivity index (χ4v) is 5.65. The molecule has 1 unspecified atom stereocenters. The second-order valence-electron chi connectivity index (χ2n) is 9.23. The van der Waals surface area contributed by atoms with Gasteiger partial charge in [0.05, 0.1) is 111 Å². The molecule has 0 saturated carbocycles. The van der Waals surface area contributed by atoms with E-state index in [2.05, 4.69) is 16.0 Å². The van der Waals surface area contributed by atoms with Crippen LogP contribution >= 0.6 is 11.8 Å². The van der Waals surface area contributed by atoms with Gasteiger partial charge in [0, 0.05) is 24.0 Å². The average Bonchev–Trinajstić information content (AvgIpc) is 3.50. The van der Waals surface area contributed by atoms with Crippen molar-refractivity contribution in [1.82, 2.24) is 16.0 Å². The SMILES string of the molecule is O=C(CCCCC1SC[C@H]2NC(=O)N[C@@H]12)NCCOCCOCCOCCOCCOCCOCCOCCO. The number of nitrogens with one attached hydrogen (secondary N) is 3. The first-order valence-corrected chi connectivity index (χ1v) is 15.4. The molecule has 3 amide bonds. The zero-order valence-electron chi connectivity index (χ0n) is 23.6. The second-order valence-corrected chi connectivity index (χ2v) is 10.5. The van der Waals surface area contributed by atoms with Crippen molar-refractivity contribution in [3.05, 3.63) is 0 Å². The van der Waals surface area contributed by atoms with Crippen LogP contribution in [-0.2, 0) is 38.0 Å². The Kier molecular flexibility index (Phi) is 21.3. The molecule has 2 rings (SSSR count). The summed E-state index contributed by atoms with van der Waals surface area (Å²) in [6, 6.07) is 0.418. The Morgan fingerprint density at radius 2 is 1.25 bits per heavy atom. The Morgan fingerprint density at radius 1 is 0.750 bits per heavy atom. The Hall–Kier alpha value is -1.23. The lowest BCUT2D eigenvalue weighted by atomic mass is 10.0. The van der Waals surface area contributed by atoms with Crippen LogP contribution in [0, 0.1) is 0 Å². The van der Waals surface area contributed by atoms with Gasteiger partial charge in [-0.3, -0.25) is 4.79 Å². The molecule has 2 heterocycles. The number of aliphatic hydroxyl groups excluding tert-OH is 1. The van der Waals surface area contributed by atoms with Crippen LogP contribution in [0.5, 0.6) is 0 Å². The minimum atomic E-state index is -0.0591. The molecule has 0 aromatic rings. The quantitative estimate of drug-likeness (QED) is 0.0710. The van der Waals surface area contributed by atoms with Crippen LogP contribution in [0.25, 0.3) is 0 Å². The van der Waals surface area contributed by atoms with E-state index < -0.39 is 0 Å². The van der Waals surface area contributed by atoms with Crippen LogP contribution < -0.4 is 16.0 Å². The van der Waals surface area contributed by atoms with E-state index in [0.717, 1.165) is 25.0 Å².